The molecule has 1 atom stereocenters. The summed E-state index contributed by atoms with van der Waals surface area (Å²) in [6.07, 6.45) is 3.74. The molecule has 1 unspecified atom stereocenters. The van der Waals surface area contributed by atoms with Gasteiger partial charge in [-0.15, -0.1) is 0 Å². The van der Waals surface area contributed by atoms with Gasteiger partial charge in [-0.25, -0.2) is 4.98 Å². The van der Waals surface area contributed by atoms with Gasteiger partial charge in [0, 0.05) is 18.5 Å². The zero-order valence-electron chi connectivity index (χ0n) is 9.75. The first kappa shape index (κ1) is 13.8. The molecule has 0 aliphatic rings. The molecule has 0 saturated carbocycles. The quantitative estimate of drug-likeness (QED) is 0.878. The molecule has 2 N–H and O–H groups in total. The predicted molar refractivity (Wildman–Crippen MR) is 74.2 cm³/mol. The van der Waals surface area contributed by atoms with Crippen molar-refractivity contribution < 1.29 is 5.11 Å². The molecule has 3 nitrogen and oxygen atoms in total. The van der Waals surface area contributed by atoms with Gasteiger partial charge < -0.3 is 10.4 Å². The van der Waals surface area contributed by atoms with E-state index in [4.69, 9.17) is 0 Å². The van der Waals surface area contributed by atoms with E-state index >= 15 is 0 Å². The monoisotopic (exact) mass is 304 g/mol. The van der Waals surface area contributed by atoms with Crippen molar-refractivity contribution in [2.24, 2.45) is 0 Å². The molecular weight excluding hydrogens is 288 g/mol. The van der Waals surface area contributed by atoms with E-state index in [0.717, 1.165) is 15.9 Å². The molecule has 1 aromatic rings. The van der Waals surface area contributed by atoms with Crippen molar-refractivity contribution in [2.45, 2.75) is 19.4 Å². The Morgan fingerprint density at radius 1 is 1.62 bits per heavy atom. The number of aryl methyl sites for hydroxylation is 1. The maximum absolute atomic E-state index is 10.0. The van der Waals surface area contributed by atoms with Crippen LogP contribution in [0.3, 0.4) is 0 Å². The number of hydrogen-bond acceptors (Lipinski definition) is 4. The van der Waals surface area contributed by atoms with Crippen molar-refractivity contribution >= 4 is 33.5 Å². The van der Waals surface area contributed by atoms with Gasteiger partial charge in [-0.2, -0.15) is 11.8 Å². The predicted octanol–water partition coefficient (Wildman–Crippen LogP) is 2.68. The first-order valence-corrected chi connectivity index (χ1v) is 7.21. The molecule has 90 valence electrons. The number of anilines is 1. The number of pyridine rings is 1. The second-order valence-corrected chi connectivity index (χ2v) is 5.73. The van der Waals surface area contributed by atoms with Crippen LogP contribution in [0.5, 0.6) is 0 Å². The highest BCUT2D eigenvalue weighted by atomic mass is 79.9. The number of thioether (sulfide) groups is 1. The van der Waals surface area contributed by atoms with Crippen LogP contribution in [0.1, 0.15) is 12.5 Å². The van der Waals surface area contributed by atoms with Crippen LogP contribution in [0.4, 0.5) is 5.82 Å². The average Bonchev–Trinajstić information content (AvgIpc) is 2.20. The first-order chi connectivity index (χ1) is 7.46. The maximum atomic E-state index is 10.0. The number of nitrogens with one attached hydrogen (secondary N) is 1. The third kappa shape index (κ3) is 3.96. The van der Waals surface area contributed by atoms with Crippen molar-refractivity contribution in [3.63, 3.8) is 0 Å². The molecule has 0 fully saturated rings. The minimum absolute atomic E-state index is 0.489. The lowest BCUT2D eigenvalue weighted by molar-refractivity contribution is 0.0996. The third-order valence-electron chi connectivity index (χ3n) is 2.17. The Balaban J connectivity index is 2.64. The lowest BCUT2D eigenvalue weighted by atomic mass is 10.1. The molecule has 1 aromatic heterocycles. The third-order valence-corrected chi connectivity index (χ3v) is 4.09. The molecular formula is C11H17BrN2OS. The number of nitrogens with zero attached hydrogens (tertiary/aromatic N) is 1. The van der Waals surface area contributed by atoms with Gasteiger partial charge in [0.25, 0.3) is 0 Å². The highest BCUT2D eigenvalue weighted by Gasteiger charge is 2.19. The highest BCUT2D eigenvalue weighted by molar-refractivity contribution is 9.10. The van der Waals surface area contributed by atoms with Crippen molar-refractivity contribution in [3.8, 4) is 0 Å². The smallest absolute Gasteiger partial charge is 0.140 e. The Bertz CT molecular complexity index is 358. The summed E-state index contributed by atoms with van der Waals surface area (Å²) >= 11 is 5.10. The van der Waals surface area contributed by atoms with Gasteiger partial charge >= 0.3 is 0 Å². The standard InChI is InChI=1S/C11H17BrN2OS/c1-8-4-5-13-10(9(8)12)14-6-11(2,15)7-16-3/h4-5,15H,6-7H2,1-3H3,(H,13,14). The summed E-state index contributed by atoms with van der Waals surface area (Å²) in [5, 5.41) is 13.2. The van der Waals surface area contributed by atoms with E-state index in [0.29, 0.717) is 12.3 Å². The number of rotatable bonds is 5. The van der Waals surface area contributed by atoms with Gasteiger partial charge in [0.15, 0.2) is 0 Å². The van der Waals surface area contributed by atoms with E-state index in [9.17, 15) is 5.11 Å². The maximum Gasteiger partial charge on any atom is 0.140 e. The summed E-state index contributed by atoms with van der Waals surface area (Å²) in [7, 11) is 0. The van der Waals surface area contributed by atoms with Crippen LogP contribution in [0.25, 0.3) is 0 Å². The van der Waals surface area contributed by atoms with Crippen LogP contribution in [0.15, 0.2) is 16.7 Å². The van der Waals surface area contributed by atoms with Crippen molar-refractivity contribution in [3.05, 3.63) is 22.3 Å². The van der Waals surface area contributed by atoms with Crippen LogP contribution < -0.4 is 5.32 Å². The molecule has 0 aliphatic carbocycles. The van der Waals surface area contributed by atoms with Crippen LogP contribution in [0, 0.1) is 6.92 Å². The zero-order valence-corrected chi connectivity index (χ0v) is 12.2. The second-order valence-electron chi connectivity index (χ2n) is 4.07. The lowest BCUT2D eigenvalue weighted by Crippen LogP contribution is -2.36. The zero-order chi connectivity index (χ0) is 12.2. The summed E-state index contributed by atoms with van der Waals surface area (Å²) in [4.78, 5) is 4.23. The van der Waals surface area contributed by atoms with Crippen LogP contribution in [-0.4, -0.2) is 34.2 Å². The Morgan fingerprint density at radius 2 is 2.31 bits per heavy atom. The first-order valence-electron chi connectivity index (χ1n) is 5.02. The van der Waals surface area contributed by atoms with Gasteiger partial charge in [0.05, 0.1) is 10.1 Å². The Labute approximate surface area is 109 Å². The fourth-order valence-electron chi connectivity index (χ4n) is 1.30. The highest BCUT2D eigenvalue weighted by Crippen LogP contribution is 2.24. The molecule has 0 saturated heterocycles. The average molecular weight is 305 g/mol. The second kappa shape index (κ2) is 5.89. The van der Waals surface area contributed by atoms with E-state index in [1.165, 1.54) is 0 Å². The Morgan fingerprint density at radius 3 is 2.94 bits per heavy atom. The summed E-state index contributed by atoms with van der Waals surface area (Å²) in [6.45, 7) is 4.32. The van der Waals surface area contributed by atoms with Crippen LogP contribution >= 0.6 is 27.7 Å². The summed E-state index contributed by atoms with van der Waals surface area (Å²) < 4.78 is 0.954. The summed E-state index contributed by atoms with van der Waals surface area (Å²) in [5.74, 6) is 1.48. The topological polar surface area (TPSA) is 45.1 Å². The van der Waals surface area contributed by atoms with Gasteiger partial charge in [-0.1, -0.05) is 0 Å². The molecule has 0 amide bonds. The van der Waals surface area contributed by atoms with Crippen LogP contribution in [0.2, 0.25) is 0 Å². The number of halogens is 1. The molecule has 5 heteroatoms. The van der Waals surface area contributed by atoms with Gasteiger partial charge in [0.1, 0.15) is 5.82 Å². The summed E-state index contributed by atoms with van der Waals surface area (Å²) in [6, 6.07) is 1.94. The normalized spacial score (nSPS) is 14.6. The molecule has 0 spiro atoms. The Hall–Kier alpha value is -0.260. The fraction of sp³-hybridized carbons (Fsp3) is 0.545. The molecule has 16 heavy (non-hydrogen) atoms. The fourth-order valence-corrected chi connectivity index (χ4v) is 2.40. The van der Waals surface area contributed by atoms with Crippen LogP contribution in [-0.2, 0) is 0 Å². The SMILES string of the molecule is CSCC(C)(O)CNc1nccc(C)c1Br. The largest absolute Gasteiger partial charge is 0.387 e. The lowest BCUT2D eigenvalue weighted by Gasteiger charge is -2.23. The van der Waals surface area contributed by atoms with E-state index in [2.05, 4.69) is 26.2 Å². The van der Waals surface area contributed by atoms with E-state index in [1.54, 1.807) is 18.0 Å². The minimum atomic E-state index is -0.718. The van der Waals surface area contributed by atoms with Crippen molar-refractivity contribution in [2.75, 3.05) is 23.9 Å². The van der Waals surface area contributed by atoms with E-state index in [-0.39, 0.29) is 0 Å². The molecule has 0 aromatic carbocycles. The Kier molecular flexibility index (Phi) is 5.08. The van der Waals surface area contributed by atoms with Gasteiger partial charge in [-0.3, -0.25) is 0 Å². The van der Waals surface area contributed by atoms with E-state index in [1.807, 2.05) is 26.2 Å². The summed E-state index contributed by atoms with van der Waals surface area (Å²) in [5.41, 5.74) is 0.409. The molecule has 0 bridgehead atoms. The van der Waals surface area contributed by atoms with Crippen molar-refractivity contribution in [1.29, 1.82) is 0 Å². The molecule has 0 aliphatic heterocycles. The van der Waals surface area contributed by atoms with E-state index < -0.39 is 5.60 Å². The molecule has 0 radical (unpaired) electrons. The number of aliphatic hydroxyl groups is 1. The van der Waals surface area contributed by atoms with Gasteiger partial charge in [-0.05, 0) is 47.7 Å². The molecule has 1 heterocycles. The molecule has 1 rings (SSSR count). The minimum Gasteiger partial charge on any atom is -0.387 e. The van der Waals surface area contributed by atoms with Gasteiger partial charge in [0.2, 0.25) is 0 Å². The van der Waals surface area contributed by atoms with Crippen molar-refractivity contribution in [1.82, 2.24) is 4.98 Å². The number of hydrogen-bond donors (Lipinski definition) is 2. The number of aromatic nitrogens is 1.